The quantitative estimate of drug-likeness (QED) is 0.755. The SMILES string of the molecule is ClCc1cc(N2CCC3CCCCC3C2)ccn1. The van der Waals surface area contributed by atoms with E-state index in [1.165, 1.54) is 50.9 Å². The standard InChI is InChI=1S/C15H21ClN2/c16-10-14-9-15(5-7-17-14)18-8-6-12-3-1-2-4-13(12)11-18/h5,7,9,12-13H,1-4,6,8,10-11H2. The molecule has 0 spiro atoms. The lowest BCUT2D eigenvalue weighted by molar-refractivity contribution is 0.202. The summed E-state index contributed by atoms with van der Waals surface area (Å²) in [5.41, 5.74) is 2.30. The van der Waals surface area contributed by atoms with Crippen LogP contribution in [0, 0.1) is 11.8 Å². The molecule has 0 amide bonds. The first-order valence-electron chi connectivity index (χ1n) is 7.12. The monoisotopic (exact) mass is 264 g/mol. The van der Waals surface area contributed by atoms with Gasteiger partial charge in [-0.15, -0.1) is 11.6 Å². The van der Waals surface area contributed by atoms with Gasteiger partial charge in [-0.25, -0.2) is 0 Å². The average Bonchev–Trinajstić information content (AvgIpc) is 2.47. The van der Waals surface area contributed by atoms with Crippen LogP contribution in [0.15, 0.2) is 18.3 Å². The van der Waals surface area contributed by atoms with Crippen LogP contribution in [0.3, 0.4) is 0 Å². The second kappa shape index (κ2) is 5.48. The number of hydrogen-bond donors (Lipinski definition) is 0. The number of aromatic nitrogens is 1. The highest BCUT2D eigenvalue weighted by Crippen LogP contribution is 2.37. The van der Waals surface area contributed by atoms with Crippen LogP contribution in [-0.2, 0) is 5.88 Å². The Bertz CT molecular complexity index is 407. The van der Waals surface area contributed by atoms with Crippen molar-refractivity contribution in [3.05, 3.63) is 24.0 Å². The second-order valence-corrected chi connectivity index (χ2v) is 5.95. The second-order valence-electron chi connectivity index (χ2n) is 5.68. The Kier molecular flexibility index (Phi) is 3.74. The Balaban J connectivity index is 1.72. The lowest BCUT2D eigenvalue weighted by Gasteiger charge is -2.42. The highest BCUT2D eigenvalue weighted by Gasteiger charge is 2.31. The Labute approximate surface area is 114 Å². The summed E-state index contributed by atoms with van der Waals surface area (Å²) in [4.78, 5) is 6.81. The van der Waals surface area contributed by atoms with Crippen LogP contribution in [0.25, 0.3) is 0 Å². The molecule has 0 N–H and O–H groups in total. The van der Waals surface area contributed by atoms with Gasteiger partial charge in [-0.2, -0.15) is 0 Å². The van der Waals surface area contributed by atoms with Crippen molar-refractivity contribution in [2.45, 2.75) is 38.0 Å². The molecule has 1 aliphatic carbocycles. The number of hydrogen-bond acceptors (Lipinski definition) is 2. The largest absolute Gasteiger partial charge is 0.371 e. The molecule has 1 aromatic heterocycles. The molecule has 1 saturated heterocycles. The van der Waals surface area contributed by atoms with Crippen molar-refractivity contribution in [2.75, 3.05) is 18.0 Å². The summed E-state index contributed by atoms with van der Waals surface area (Å²) < 4.78 is 0. The molecule has 18 heavy (non-hydrogen) atoms. The molecule has 0 aromatic carbocycles. The summed E-state index contributed by atoms with van der Waals surface area (Å²) >= 11 is 5.87. The van der Waals surface area contributed by atoms with E-state index in [0.29, 0.717) is 5.88 Å². The minimum atomic E-state index is 0.508. The van der Waals surface area contributed by atoms with E-state index in [0.717, 1.165) is 17.5 Å². The molecule has 2 nitrogen and oxygen atoms in total. The fourth-order valence-electron chi connectivity index (χ4n) is 3.57. The number of fused-ring (bicyclic) bond motifs is 1. The van der Waals surface area contributed by atoms with E-state index in [1.807, 2.05) is 6.20 Å². The fourth-order valence-corrected chi connectivity index (χ4v) is 3.72. The van der Waals surface area contributed by atoms with Crippen LogP contribution in [0.4, 0.5) is 5.69 Å². The summed E-state index contributed by atoms with van der Waals surface area (Å²) in [7, 11) is 0. The number of nitrogens with zero attached hydrogens (tertiary/aromatic N) is 2. The molecule has 1 aliphatic heterocycles. The van der Waals surface area contributed by atoms with Crippen molar-refractivity contribution in [1.82, 2.24) is 4.98 Å². The topological polar surface area (TPSA) is 16.1 Å². The maximum absolute atomic E-state index is 5.87. The zero-order valence-electron chi connectivity index (χ0n) is 10.8. The molecule has 2 heterocycles. The number of alkyl halides is 1. The zero-order valence-corrected chi connectivity index (χ0v) is 11.6. The van der Waals surface area contributed by atoms with Crippen molar-refractivity contribution in [3.8, 4) is 0 Å². The number of piperidine rings is 1. The maximum Gasteiger partial charge on any atom is 0.0648 e. The molecule has 3 heteroatoms. The van der Waals surface area contributed by atoms with Crippen LogP contribution in [0.2, 0.25) is 0 Å². The van der Waals surface area contributed by atoms with E-state index in [9.17, 15) is 0 Å². The third-order valence-corrected chi connectivity index (χ3v) is 4.87. The van der Waals surface area contributed by atoms with Gasteiger partial charge in [0.2, 0.25) is 0 Å². The first kappa shape index (κ1) is 12.3. The number of rotatable bonds is 2. The van der Waals surface area contributed by atoms with Crippen molar-refractivity contribution < 1.29 is 0 Å². The van der Waals surface area contributed by atoms with E-state index < -0.39 is 0 Å². The zero-order chi connectivity index (χ0) is 12.4. The van der Waals surface area contributed by atoms with Crippen molar-refractivity contribution in [1.29, 1.82) is 0 Å². The van der Waals surface area contributed by atoms with E-state index in [4.69, 9.17) is 11.6 Å². The van der Waals surface area contributed by atoms with E-state index in [2.05, 4.69) is 22.0 Å². The minimum Gasteiger partial charge on any atom is -0.371 e. The molecule has 0 bridgehead atoms. The van der Waals surface area contributed by atoms with Crippen molar-refractivity contribution in [3.63, 3.8) is 0 Å². The summed E-state index contributed by atoms with van der Waals surface area (Å²) in [6.45, 7) is 2.43. The van der Waals surface area contributed by atoms with Gasteiger partial charge in [-0.3, -0.25) is 4.98 Å². The van der Waals surface area contributed by atoms with Crippen LogP contribution < -0.4 is 4.90 Å². The van der Waals surface area contributed by atoms with Gasteiger partial charge in [0.1, 0.15) is 0 Å². The molecule has 1 aromatic rings. The molecule has 2 fully saturated rings. The molecule has 0 radical (unpaired) electrons. The summed E-state index contributed by atoms with van der Waals surface area (Å²) in [6.07, 6.45) is 9.02. The van der Waals surface area contributed by atoms with Gasteiger partial charge < -0.3 is 4.90 Å². The summed E-state index contributed by atoms with van der Waals surface area (Å²) in [5, 5.41) is 0. The molecule has 2 aliphatic rings. The highest BCUT2D eigenvalue weighted by molar-refractivity contribution is 6.16. The fraction of sp³-hybridized carbons (Fsp3) is 0.667. The van der Waals surface area contributed by atoms with E-state index in [1.54, 1.807) is 0 Å². The molecular weight excluding hydrogens is 244 g/mol. The van der Waals surface area contributed by atoms with Crippen molar-refractivity contribution >= 4 is 17.3 Å². The van der Waals surface area contributed by atoms with E-state index in [-0.39, 0.29) is 0 Å². The molecule has 2 unspecified atom stereocenters. The van der Waals surface area contributed by atoms with E-state index >= 15 is 0 Å². The van der Waals surface area contributed by atoms with Gasteiger partial charge in [-0.05, 0) is 36.8 Å². The van der Waals surface area contributed by atoms with Gasteiger partial charge in [0.15, 0.2) is 0 Å². The number of pyridine rings is 1. The summed E-state index contributed by atoms with van der Waals surface area (Å²) in [6, 6.07) is 4.27. The van der Waals surface area contributed by atoms with Crippen LogP contribution in [-0.4, -0.2) is 18.1 Å². The van der Waals surface area contributed by atoms with Gasteiger partial charge in [-0.1, -0.05) is 19.3 Å². The van der Waals surface area contributed by atoms with Gasteiger partial charge >= 0.3 is 0 Å². The van der Waals surface area contributed by atoms with Gasteiger partial charge in [0, 0.05) is 25.0 Å². The Morgan fingerprint density at radius 2 is 2.06 bits per heavy atom. The Morgan fingerprint density at radius 1 is 1.22 bits per heavy atom. The highest BCUT2D eigenvalue weighted by atomic mass is 35.5. The average molecular weight is 265 g/mol. The smallest absolute Gasteiger partial charge is 0.0648 e. The maximum atomic E-state index is 5.87. The molecule has 3 rings (SSSR count). The van der Waals surface area contributed by atoms with Crippen molar-refractivity contribution in [2.24, 2.45) is 11.8 Å². The first-order chi connectivity index (χ1) is 8.86. The lowest BCUT2D eigenvalue weighted by atomic mass is 9.75. The first-order valence-corrected chi connectivity index (χ1v) is 7.66. The Hall–Kier alpha value is -0.760. The van der Waals surface area contributed by atoms with Crippen LogP contribution >= 0.6 is 11.6 Å². The third-order valence-electron chi connectivity index (χ3n) is 4.59. The minimum absolute atomic E-state index is 0.508. The van der Waals surface area contributed by atoms with Crippen LogP contribution in [0.1, 0.15) is 37.8 Å². The number of anilines is 1. The lowest BCUT2D eigenvalue weighted by Crippen LogP contribution is -2.41. The number of halogens is 1. The van der Waals surface area contributed by atoms with Crippen LogP contribution in [0.5, 0.6) is 0 Å². The molecule has 2 atom stereocenters. The predicted molar refractivity (Wildman–Crippen MR) is 76.1 cm³/mol. The molecule has 98 valence electrons. The third kappa shape index (κ3) is 2.49. The molecular formula is C15H21ClN2. The van der Waals surface area contributed by atoms with Gasteiger partial charge in [0.25, 0.3) is 0 Å². The predicted octanol–water partition coefficient (Wildman–Crippen LogP) is 3.84. The van der Waals surface area contributed by atoms with Gasteiger partial charge in [0.05, 0.1) is 11.6 Å². The Morgan fingerprint density at radius 3 is 2.89 bits per heavy atom. The summed E-state index contributed by atoms with van der Waals surface area (Å²) in [5.74, 6) is 2.41. The molecule has 1 saturated carbocycles. The normalized spacial score (nSPS) is 27.9.